The van der Waals surface area contributed by atoms with Gasteiger partial charge in [0.15, 0.2) is 0 Å². The number of anilines is 1. The third kappa shape index (κ3) is 3.22. The maximum atomic E-state index is 13.6. The Balaban J connectivity index is 1.40. The lowest BCUT2D eigenvalue weighted by molar-refractivity contribution is 0.131. The monoisotopic (exact) mass is 420 g/mol. The molecule has 9 nitrogen and oxygen atoms in total. The van der Waals surface area contributed by atoms with E-state index >= 15 is 0 Å². The summed E-state index contributed by atoms with van der Waals surface area (Å²) in [6.07, 6.45) is 8.22. The van der Waals surface area contributed by atoms with Gasteiger partial charge in [-0.25, -0.2) is 9.97 Å². The second-order valence-corrected chi connectivity index (χ2v) is 10.2. The molecular formula is C19H28N6O3S. The maximum absolute atomic E-state index is 13.6. The minimum atomic E-state index is -3.52. The summed E-state index contributed by atoms with van der Waals surface area (Å²) in [7, 11) is -1.90. The quantitative estimate of drug-likeness (QED) is 0.727. The van der Waals surface area contributed by atoms with Crippen LogP contribution in [0.1, 0.15) is 32.1 Å². The van der Waals surface area contributed by atoms with Gasteiger partial charge < -0.3 is 14.6 Å². The Kier molecular flexibility index (Phi) is 4.77. The van der Waals surface area contributed by atoms with Crippen molar-refractivity contribution in [1.82, 2.24) is 23.6 Å². The van der Waals surface area contributed by atoms with Gasteiger partial charge >= 0.3 is 0 Å². The summed E-state index contributed by atoms with van der Waals surface area (Å²) in [5, 5.41) is 0.982. The van der Waals surface area contributed by atoms with Crippen molar-refractivity contribution in [2.45, 2.75) is 43.7 Å². The molecule has 1 aliphatic heterocycles. The number of fused-ring (bicyclic) bond motifs is 1. The van der Waals surface area contributed by atoms with E-state index in [1.165, 1.54) is 0 Å². The normalized spacial score (nSPS) is 22.5. The fraction of sp³-hybridized carbons (Fsp3) is 0.684. The predicted octanol–water partition coefficient (Wildman–Crippen LogP) is 1.36. The molecule has 3 aliphatic rings. The van der Waals surface area contributed by atoms with E-state index in [0.717, 1.165) is 49.0 Å². The van der Waals surface area contributed by atoms with Crippen LogP contribution in [0.4, 0.5) is 5.82 Å². The largest absolute Gasteiger partial charge is 0.383 e. The SMILES string of the molecule is COCCN(C1CCC1)S(=O)(=O)N1CCN(c2ncnc3[nH]ccc23)CC12CC2. The summed E-state index contributed by atoms with van der Waals surface area (Å²) in [4.78, 5) is 14.1. The smallest absolute Gasteiger partial charge is 0.282 e. The number of hydrogen-bond acceptors (Lipinski definition) is 6. The van der Waals surface area contributed by atoms with Gasteiger partial charge in [-0.3, -0.25) is 0 Å². The number of rotatable bonds is 7. The summed E-state index contributed by atoms with van der Waals surface area (Å²) >= 11 is 0. The molecule has 0 unspecified atom stereocenters. The molecule has 3 fully saturated rings. The molecule has 0 aromatic carbocycles. The van der Waals surface area contributed by atoms with Crippen molar-refractivity contribution < 1.29 is 13.2 Å². The van der Waals surface area contributed by atoms with Crippen molar-refractivity contribution in [3.05, 3.63) is 18.6 Å². The van der Waals surface area contributed by atoms with E-state index in [2.05, 4.69) is 19.9 Å². The molecule has 0 amide bonds. The molecule has 0 radical (unpaired) electrons. The van der Waals surface area contributed by atoms with Gasteiger partial charge in [0.05, 0.1) is 17.5 Å². The molecule has 3 heterocycles. The molecule has 2 saturated carbocycles. The Hall–Kier alpha value is -1.75. The zero-order valence-corrected chi connectivity index (χ0v) is 17.6. The number of nitrogens with one attached hydrogen (secondary N) is 1. The van der Waals surface area contributed by atoms with Crippen LogP contribution >= 0.6 is 0 Å². The number of hydrogen-bond donors (Lipinski definition) is 1. The van der Waals surface area contributed by atoms with Crippen molar-refractivity contribution in [2.24, 2.45) is 0 Å². The number of nitrogens with zero attached hydrogens (tertiary/aromatic N) is 5. The fourth-order valence-corrected chi connectivity index (χ4v) is 6.82. The van der Waals surface area contributed by atoms with Crippen LogP contribution in [0.2, 0.25) is 0 Å². The lowest BCUT2D eigenvalue weighted by Gasteiger charge is -2.46. The Bertz CT molecular complexity index is 985. The lowest BCUT2D eigenvalue weighted by Crippen LogP contribution is -2.62. The molecule has 1 N–H and O–H groups in total. The van der Waals surface area contributed by atoms with Crippen molar-refractivity contribution in [1.29, 1.82) is 0 Å². The van der Waals surface area contributed by atoms with Gasteiger partial charge in [-0.05, 0) is 31.7 Å². The van der Waals surface area contributed by atoms with Gasteiger partial charge in [-0.15, -0.1) is 0 Å². The van der Waals surface area contributed by atoms with Gasteiger partial charge in [0.2, 0.25) is 0 Å². The van der Waals surface area contributed by atoms with Gasteiger partial charge in [-0.1, -0.05) is 6.42 Å². The number of piperazine rings is 1. The van der Waals surface area contributed by atoms with E-state index < -0.39 is 10.2 Å². The van der Waals surface area contributed by atoms with Crippen molar-refractivity contribution in [2.75, 3.05) is 44.8 Å². The Morgan fingerprint density at radius 2 is 2.14 bits per heavy atom. The van der Waals surface area contributed by atoms with E-state index in [1.807, 2.05) is 12.3 Å². The molecule has 5 rings (SSSR count). The molecule has 1 spiro atoms. The van der Waals surface area contributed by atoms with Crippen LogP contribution < -0.4 is 4.90 Å². The Labute approximate surface area is 171 Å². The molecule has 0 atom stereocenters. The fourth-order valence-electron chi connectivity index (χ4n) is 4.63. The molecule has 10 heteroatoms. The first-order valence-electron chi connectivity index (χ1n) is 10.4. The highest BCUT2D eigenvalue weighted by molar-refractivity contribution is 7.86. The van der Waals surface area contributed by atoms with E-state index in [1.54, 1.807) is 22.0 Å². The minimum Gasteiger partial charge on any atom is -0.383 e. The van der Waals surface area contributed by atoms with Crippen LogP contribution in [-0.2, 0) is 14.9 Å². The number of ether oxygens (including phenoxy) is 1. The number of aromatic nitrogens is 3. The second kappa shape index (κ2) is 7.19. The number of H-pyrrole nitrogens is 1. The first-order chi connectivity index (χ1) is 14.0. The first-order valence-corrected chi connectivity index (χ1v) is 11.8. The van der Waals surface area contributed by atoms with Crippen LogP contribution in [0.15, 0.2) is 18.6 Å². The van der Waals surface area contributed by atoms with Crippen LogP contribution in [0.3, 0.4) is 0 Å². The highest BCUT2D eigenvalue weighted by Gasteiger charge is 2.57. The van der Waals surface area contributed by atoms with Crippen LogP contribution in [0.5, 0.6) is 0 Å². The summed E-state index contributed by atoms with van der Waals surface area (Å²) < 4.78 is 36.0. The summed E-state index contributed by atoms with van der Waals surface area (Å²) in [6, 6.07) is 2.10. The molecular weight excluding hydrogens is 392 g/mol. The van der Waals surface area contributed by atoms with Gasteiger partial charge in [0.1, 0.15) is 17.8 Å². The van der Waals surface area contributed by atoms with Gasteiger partial charge in [0.25, 0.3) is 10.2 Å². The molecule has 158 valence electrons. The van der Waals surface area contributed by atoms with E-state index in [9.17, 15) is 8.42 Å². The average molecular weight is 421 g/mol. The van der Waals surface area contributed by atoms with Crippen molar-refractivity contribution in [3.8, 4) is 0 Å². The standard InChI is InChI=1S/C19H28N6O3S/c1-28-12-11-24(15-3-2-4-15)29(26,27)25-10-9-23(13-19(25)6-7-19)18-16-5-8-20-17(16)21-14-22-18/h5,8,14-15H,2-4,6-7,9-13H2,1H3,(H,20,21,22). The third-order valence-electron chi connectivity index (χ3n) is 6.62. The second-order valence-electron chi connectivity index (χ2n) is 8.35. The molecule has 2 aliphatic carbocycles. The zero-order valence-electron chi connectivity index (χ0n) is 16.7. The lowest BCUT2D eigenvalue weighted by atomic mass is 9.93. The average Bonchev–Trinajstić information content (AvgIpc) is 3.25. The van der Waals surface area contributed by atoms with E-state index in [0.29, 0.717) is 32.8 Å². The zero-order chi connectivity index (χ0) is 20.1. The van der Waals surface area contributed by atoms with Crippen LogP contribution in [0, 0.1) is 0 Å². The Morgan fingerprint density at radius 3 is 2.83 bits per heavy atom. The minimum absolute atomic E-state index is 0.116. The van der Waals surface area contributed by atoms with Gasteiger partial charge in [-0.2, -0.15) is 17.0 Å². The summed E-state index contributed by atoms with van der Waals surface area (Å²) in [5.41, 5.74) is 0.491. The molecule has 29 heavy (non-hydrogen) atoms. The topological polar surface area (TPSA) is 94.7 Å². The first kappa shape index (κ1) is 19.2. The van der Waals surface area contributed by atoms with Crippen LogP contribution in [0.25, 0.3) is 11.0 Å². The van der Waals surface area contributed by atoms with Gasteiger partial charge in [0, 0.05) is 45.5 Å². The third-order valence-corrected chi connectivity index (χ3v) is 8.82. The van der Waals surface area contributed by atoms with Crippen molar-refractivity contribution in [3.63, 3.8) is 0 Å². The molecule has 2 aromatic rings. The van der Waals surface area contributed by atoms with E-state index in [-0.39, 0.29) is 11.6 Å². The highest BCUT2D eigenvalue weighted by Crippen LogP contribution is 2.48. The molecule has 2 aromatic heterocycles. The van der Waals surface area contributed by atoms with Crippen LogP contribution in [-0.4, -0.2) is 83.5 Å². The van der Waals surface area contributed by atoms with Crippen molar-refractivity contribution >= 4 is 27.1 Å². The summed E-state index contributed by atoms with van der Waals surface area (Å²) in [5.74, 6) is 0.884. The number of methoxy groups -OCH3 is 1. The number of aromatic amines is 1. The molecule has 0 bridgehead atoms. The predicted molar refractivity (Wildman–Crippen MR) is 110 cm³/mol. The molecule has 1 saturated heterocycles. The maximum Gasteiger partial charge on any atom is 0.282 e. The summed E-state index contributed by atoms with van der Waals surface area (Å²) in [6.45, 7) is 2.63. The highest BCUT2D eigenvalue weighted by atomic mass is 32.2. The van der Waals surface area contributed by atoms with E-state index in [4.69, 9.17) is 4.74 Å². The Morgan fingerprint density at radius 1 is 1.31 bits per heavy atom.